The van der Waals surface area contributed by atoms with Crippen molar-refractivity contribution in [1.29, 1.82) is 0 Å². The van der Waals surface area contributed by atoms with Crippen LogP contribution in [0.25, 0.3) is 0 Å². The summed E-state index contributed by atoms with van der Waals surface area (Å²) in [5.41, 5.74) is 3.80. The Bertz CT molecular complexity index is 436. The van der Waals surface area contributed by atoms with E-state index in [1.54, 1.807) is 14.2 Å². The van der Waals surface area contributed by atoms with Crippen LogP contribution in [0.4, 0.5) is 0 Å². The van der Waals surface area contributed by atoms with Gasteiger partial charge < -0.3 is 14.2 Å². The van der Waals surface area contributed by atoms with Crippen LogP contribution < -0.4 is 20.7 Å². The van der Waals surface area contributed by atoms with Crippen molar-refractivity contribution in [3.63, 3.8) is 0 Å². The second-order valence-corrected chi connectivity index (χ2v) is 5.19. The highest BCUT2D eigenvalue weighted by Gasteiger charge is 2.30. The molecular weight excluding hydrogens is 312 g/mol. The molecule has 0 amide bonds. The van der Waals surface area contributed by atoms with Gasteiger partial charge in [-0.3, -0.25) is 11.3 Å². The van der Waals surface area contributed by atoms with Crippen LogP contribution in [0, 0.1) is 0 Å². The molecule has 106 valence electrons. The number of hydrogen-bond acceptors (Lipinski definition) is 5. The molecule has 1 fully saturated rings. The lowest BCUT2D eigenvalue weighted by Gasteiger charge is -2.25. The maximum Gasteiger partial charge on any atom is 0.141 e. The molecule has 0 aliphatic carbocycles. The lowest BCUT2D eigenvalue weighted by atomic mass is 9.99. The fourth-order valence-corrected chi connectivity index (χ4v) is 3.11. The molecule has 5 nitrogen and oxygen atoms in total. The zero-order chi connectivity index (χ0) is 13.8. The van der Waals surface area contributed by atoms with Crippen molar-refractivity contribution in [2.45, 2.75) is 25.0 Å². The minimum Gasteiger partial charge on any atom is -0.495 e. The normalized spacial score (nSPS) is 20.3. The summed E-state index contributed by atoms with van der Waals surface area (Å²) < 4.78 is 17.3. The van der Waals surface area contributed by atoms with Gasteiger partial charge in [0.25, 0.3) is 0 Å². The molecule has 2 unspecified atom stereocenters. The Morgan fingerprint density at radius 3 is 2.74 bits per heavy atom. The minimum atomic E-state index is -0.0975. The summed E-state index contributed by atoms with van der Waals surface area (Å²) in [6, 6.07) is 3.75. The Kier molecular flexibility index (Phi) is 5.04. The summed E-state index contributed by atoms with van der Waals surface area (Å²) in [6.07, 6.45) is 2.11. The fraction of sp³-hybridized carbons (Fsp3) is 0.538. The van der Waals surface area contributed by atoms with Gasteiger partial charge in [0.1, 0.15) is 16.0 Å². The first-order valence-corrected chi connectivity index (χ1v) is 7.00. The van der Waals surface area contributed by atoms with Crippen LogP contribution in [0.3, 0.4) is 0 Å². The summed E-state index contributed by atoms with van der Waals surface area (Å²) in [5, 5.41) is 0. The molecule has 0 aromatic heterocycles. The second-order valence-electron chi connectivity index (χ2n) is 4.40. The minimum absolute atomic E-state index is 0.0687. The van der Waals surface area contributed by atoms with E-state index in [0.29, 0.717) is 0 Å². The molecule has 1 saturated heterocycles. The summed E-state index contributed by atoms with van der Waals surface area (Å²) in [4.78, 5) is 0. The third-order valence-corrected chi connectivity index (χ3v) is 4.12. The van der Waals surface area contributed by atoms with Gasteiger partial charge >= 0.3 is 0 Å². The van der Waals surface area contributed by atoms with Gasteiger partial charge in [-0.2, -0.15) is 0 Å². The topological polar surface area (TPSA) is 65.7 Å². The zero-order valence-electron chi connectivity index (χ0n) is 11.1. The number of benzene rings is 1. The van der Waals surface area contributed by atoms with E-state index in [1.807, 2.05) is 12.1 Å². The van der Waals surface area contributed by atoms with Crippen LogP contribution in [0.1, 0.15) is 24.4 Å². The number of methoxy groups -OCH3 is 2. The highest BCUT2D eigenvalue weighted by Crippen LogP contribution is 2.41. The average molecular weight is 331 g/mol. The lowest BCUT2D eigenvalue weighted by molar-refractivity contribution is 0.0774. The molecule has 3 N–H and O–H groups in total. The zero-order valence-corrected chi connectivity index (χ0v) is 12.7. The third-order valence-electron chi connectivity index (χ3n) is 3.37. The van der Waals surface area contributed by atoms with Gasteiger partial charge in [-0.25, -0.2) is 0 Å². The molecule has 1 aliphatic heterocycles. The molecular formula is C13H19BrN2O3. The lowest BCUT2D eigenvalue weighted by Crippen LogP contribution is -2.36. The number of nitrogens with one attached hydrogen (secondary N) is 1. The standard InChI is InChI=1S/C13H19BrN2O3/c1-17-9-6-5-8(13(18-2)11(9)14)12(16-15)10-4-3-7-19-10/h5-6,10,12,16H,3-4,7,15H2,1-2H3. The van der Waals surface area contributed by atoms with E-state index in [2.05, 4.69) is 21.4 Å². The van der Waals surface area contributed by atoms with Crippen molar-refractivity contribution in [2.75, 3.05) is 20.8 Å². The van der Waals surface area contributed by atoms with E-state index < -0.39 is 0 Å². The number of hydrazine groups is 1. The Balaban J connectivity index is 2.39. The number of ether oxygens (including phenoxy) is 3. The van der Waals surface area contributed by atoms with Crippen LogP contribution in [0.2, 0.25) is 0 Å². The predicted octanol–water partition coefficient (Wildman–Crippen LogP) is 2.15. The molecule has 0 radical (unpaired) electrons. The fourth-order valence-electron chi connectivity index (χ4n) is 2.43. The van der Waals surface area contributed by atoms with Crippen molar-refractivity contribution in [1.82, 2.24) is 5.43 Å². The van der Waals surface area contributed by atoms with Gasteiger partial charge in [-0.15, -0.1) is 0 Å². The molecule has 6 heteroatoms. The van der Waals surface area contributed by atoms with Crippen molar-refractivity contribution in [3.05, 3.63) is 22.2 Å². The van der Waals surface area contributed by atoms with Crippen molar-refractivity contribution < 1.29 is 14.2 Å². The van der Waals surface area contributed by atoms with Crippen LogP contribution in [0.5, 0.6) is 11.5 Å². The van der Waals surface area contributed by atoms with Gasteiger partial charge in [0.2, 0.25) is 0 Å². The quantitative estimate of drug-likeness (QED) is 0.639. The van der Waals surface area contributed by atoms with Crippen molar-refractivity contribution in [3.8, 4) is 11.5 Å². The molecule has 1 aromatic carbocycles. The van der Waals surface area contributed by atoms with Crippen LogP contribution in [-0.2, 0) is 4.74 Å². The maximum absolute atomic E-state index is 5.71. The smallest absolute Gasteiger partial charge is 0.141 e. The second kappa shape index (κ2) is 6.56. The molecule has 0 bridgehead atoms. The van der Waals surface area contributed by atoms with E-state index in [9.17, 15) is 0 Å². The number of halogens is 1. The summed E-state index contributed by atoms with van der Waals surface area (Å²) >= 11 is 3.50. The van der Waals surface area contributed by atoms with E-state index >= 15 is 0 Å². The van der Waals surface area contributed by atoms with Gasteiger partial charge in [0, 0.05) is 12.2 Å². The van der Waals surface area contributed by atoms with Gasteiger partial charge in [0.15, 0.2) is 0 Å². The molecule has 0 spiro atoms. The van der Waals surface area contributed by atoms with Gasteiger partial charge in [-0.1, -0.05) is 0 Å². The average Bonchev–Trinajstić information content (AvgIpc) is 2.94. The van der Waals surface area contributed by atoms with Gasteiger partial charge in [-0.05, 0) is 40.9 Å². The van der Waals surface area contributed by atoms with Crippen LogP contribution in [-0.4, -0.2) is 26.9 Å². The van der Waals surface area contributed by atoms with Crippen molar-refractivity contribution in [2.24, 2.45) is 5.84 Å². The monoisotopic (exact) mass is 330 g/mol. The first-order chi connectivity index (χ1) is 9.22. The Morgan fingerprint density at radius 1 is 1.42 bits per heavy atom. The third kappa shape index (κ3) is 2.86. The molecule has 0 saturated carbocycles. The summed E-state index contributed by atoms with van der Waals surface area (Å²) in [7, 11) is 3.25. The molecule has 1 heterocycles. The Labute approximate surface area is 121 Å². The SMILES string of the molecule is COc1ccc(C(NN)C2CCCO2)c(OC)c1Br. The first-order valence-electron chi connectivity index (χ1n) is 6.21. The Morgan fingerprint density at radius 2 is 2.21 bits per heavy atom. The van der Waals surface area contributed by atoms with E-state index in [1.165, 1.54) is 0 Å². The van der Waals surface area contributed by atoms with Crippen molar-refractivity contribution >= 4 is 15.9 Å². The van der Waals surface area contributed by atoms with Crippen LogP contribution in [0.15, 0.2) is 16.6 Å². The number of rotatable bonds is 5. The highest BCUT2D eigenvalue weighted by molar-refractivity contribution is 9.10. The summed E-state index contributed by atoms with van der Waals surface area (Å²) in [6.45, 7) is 0.780. The molecule has 1 aromatic rings. The van der Waals surface area contributed by atoms with Crippen LogP contribution >= 0.6 is 15.9 Å². The maximum atomic E-state index is 5.71. The highest BCUT2D eigenvalue weighted by atomic mass is 79.9. The molecule has 1 aliphatic rings. The summed E-state index contributed by atoms with van der Waals surface area (Å²) in [5.74, 6) is 7.14. The predicted molar refractivity (Wildman–Crippen MR) is 76.3 cm³/mol. The molecule has 19 heavy (non-hydrogen) atoms. The Hall–Kier alpha value is -0.820. The number of hydrogen-bond donors (Lipinski definition) is 2. The number of nitrogens with two attached hydrogens (primary N) is 1. The van der Waals surface area contributed by atoms with E-state index in [0.717, 1.165) is 41.0 Å². The molecule has 2 atom stereocenters. The first kappa shape index (κ1) is 14.6. The largest absolute Gasteiger partial charge is 0.495 e. The molecule has 2 rings (SSSR count). The van der Waals surface area contributed by atoms with Gasteiger partial charge in [0.05, 0.1) is 26.4 Å². The van der Waals surface area contributed by atoms with E-state index in [4.69, 9.17) is 20.1 Å². The van der Waals surface area contributed by atoms with E-state index in [-0.39, 0.29) is 12.1 Å².